The summed E-state index contributed by atoms with van der Waals surface area (Å²) < 4.78 is 41.6. The number of benzene rings is 1. The second kappa shape index (κ2) is 6.82. The number of nitriles is 1. The number of nitrogens with two attached hydrogens (primary N) is 1. The molecule has 0 radical (unpaired) electrons. The Morgan fingerprint density at radius 3 is 2.63 bits per heavy atom. The largest absolute Gasteiger partial charge is 0.393 e. The Morgan fingerprint density at radius 1 is 1.20 bits per heavy atom. The molecule has 0 unspecified atom stereocenters. The van der Waals surface area contributed by atoms with Gasteiger partial charge in [0.15, 0.2) is 0 Å². The maximum Gasteiger partial charge on any atom is 0.393 e. The van der Waals surface area contributed by atoms with Crippen LogP contribution in [-0.2, 0) is 0 Å². The predicted octanol–water partition coefficient (Wildman–Crippen LogP) is 3.14. The fourth-order valence-electron chi connectivity index (χ4n) is 5.82. The molecule has 158 valence electrons. The Hall–Kier alpha value is -2.37. The number of pyridine rings is 1. The van der Waals surface area contributed by atoms with Crippen molar-refractivity contribution in [3.8, 4) is 6.07 Å². The lowest BCUT2D eigenvalue weighted by Gasteiger charge is -2.59. The first-order valence-electron chi connectivity index (χ1n) is 10.4. The number of nitrogens with zero attached hydrogens (tertiary/aromatic N) is 4. The van der Waals surface area contributed by atoms with Crippen molar-refractivity contribution in [2.24, 2.45) is 23.0 Å². The Labute approximate surface area is 173 Å². The summed E-state index contributed by atoms with van der Waals surface area (Å²) in [5.41, 5.74) is 7.86. The lowest BCUT2D eigenvalue weighted by molar-refractivity contribution is -0.183. The van der Waals surface area contributed by atoms with E-state index in [1.165, 1.54) is 0 Å². The van der Waals surface area contributed by atoms with E-state index in [0.29, 0.717) is 24.2 Å². The van der Waals surface area contributed by atoms with Gasteiger partial charge in [-0.3, -0.25) is 4.98 Å². The van der Waals surface area contributed by atoms with E-state index >= 15 is 0 Å². The highest BCUT2D eigenvalue weighted by molar-refractivity contribution is 5.95. The molecule has 0 bridgehead atoms. The lowest BCUT2D eigenvalue weighted by atomic mass is 9.61. The minimum Gasteiger partial charge on any atom is -0.370 e. The Morgan fingerprint density at radius 2 is 1.97 bits per heavy atom. The van der Waals surface area contributed by atoms with Crippen LogP contribution in [0.4, 0.5) is 18.9 Å². The molecule has 1 aromatic heterocycles. The summed E-state index contributed by atoms with van der Waals surface area (Å²) in [5, 5.41) is 10.1. The Balaban J connectivity index is 1.38. The zero-order chi connectivity index (χ0) is 21.1. The number of alkyl halides is 3. The van der Waals surface area contributed by atoms with Gasteiger partial charge in [0.05, 0.1) is 17.0 Å². The van der Waals surface area contributed by atoms with Crippen molar-refractivity contribution in [3.63, 3.8) is 0 Å². The van der Waals surface area contributed by atoms with Gasteiger partial charge in [-0.25, -0.2) is 0 Å². The van der Waals surface area contributed by atoms with Gasteiger partial charge < -0.3 is 15.5 Å². The summed E-state index contributed by atoms with van der Waals surface area (Å²) >= 11 is 0. The fourth-order valence-corrected chi connectivity index (χ4v) is 5.82. The highest BCUT2D eigenvalue weighted by atomic mass is 19.4. The third-order valence-electron chi connectivity index (χ3n) is 7.07. The monoisotopic (exact) mass is 415 g/mol. The normalized spacial score (nSPS) is 26.6. The van der Waals surface area contributed by atoms with E-state index in [9.17, 15) is 18.4 Å². The van der Waals surface area contributed by atoms with Gasteiger partial charge in [-0.1, -0.05) is 0 Å². The third-order valence-corrected chi connectivity index (χ3v) is 7.07. The van der Waals surface area contributed by atoms with E-state index in [-0.39, 0.29) is 18.0 Å². The summed E-state index contributed by atoms with van der Waals surface area (Å²) in [4.78, 5) is 8.28. The molecule has 2 atom stereocenters. The van der Waals surface area contributed by atoms with Crippen molar-refractivity contribution in [2.45, 2.75) is 25.1 Å². The summed E-state index contributed by atoms with van der Waals surface area (Å²) in [5.74, 6) is -1.83. The topological polar surface area (TPSA) is 69.2 Å². The molecule has 3 fully saturated rings. The number of aromatic nitrogens is 1. The molecule has 2 aromatic rings. The van der Waals surface area contributed by atoms with Crippen LogP contribution in [0.5, 0.6) is 0 Å². The fraction of sp³-hybridized carbons (Fsp3) is 0.545. The number of hydrogen-bond acceptors (Lipinski definition) is 5. The quantitative estimate of drug-likeness (QED) is 0.834. The smallest absolute Gasteiger partial charge is 0.370 e. The first-order chi connectivity index (χ1) is 14.3. The first kappa shape index (κ1) is 19.6. The molecule has 5 rings (SSSR count). The second-order valence-electron chi connectivity index (χ2n) is 9.29. The highest BCUT2D eigenvalue weighted by Crippen LogP contribution is 2.49. The molecule has 1 spiro atoms. The van der Waals surface area contributed by atoms with Gasteiger partial charge in [0.1, 0.15) is 6.07 Å². The molecule has 3 heterocycles. The van der Waals surface area contributed by atoms with E-state index < -0.39 is 18.0 Å². The third kappa shape index (κ3) is 3.21. The van der Waals surface area contributed by atoms with Gasteiger partial charge in [0.2, 0.25) is 0 Å². The number of anilines is 1. The van der Waals surface area contributed by atoms with Crippen LogP contribution < -0.4 is 10.6 Å². The van der Waals surface area contributed by atoms with E-state index in [4.69, 9.17) is 5.73 Å². The van der Waals surface area contributed by atoms with Gasteiger partial charge >= 0.3 is 6.18 Å². The number of halogens is 3. The van der Waals surface area contributed by atoms with Crippen LogP contribution in [-0.4, -0.2) is 54.8 Å². The number of likely N-dealkylation sites (tertiary alicyclic amines) is 1. The van der Waals surface area contributed by atoms with Crippen LogP contribution in [0.1, 0.15) is 18.4 Å². The van der Waals surface area contributed by atoms with Crippen LogP contribution in [0.25, 0.3) is 10.9 Å². The number of hydrogen-bond donors (Lipinski definition) is 1. The van der Waals surface area contributed by atoms with Crippen LogP contribution >= 0.6 is 0 Å². The molecule has 1 aromatic carbocycles. The van der Waals surface area contributed by atoms with Crippen molar-refractivity contribution >= 4 is 16.6 Å². The maximum atomic E-state index is 13.9. The molecule has 3 aliphatic rings. The highest BCUT2D eigenvalue weighted by Gasteiger charge is 2.54. The Kier molecular flexibility index (Phi) is 4.46. The molecule has 0 amide bonds. The van der Waals surface area contributed by atoms with Crippen molar-refractivity contribution in [2.75, 3.05) is 37.6 Å². The molecule has 1 saturated carbocycles. The standard InChI is InChI=1S/C22H24F3N5/c23-22(24,25)18-11-30(10-15(18)9-29-12-21(13-29)6-16(27)7-21)19-4-3-14(8-26)20-17(19)2-1-5-28-20/h1-5,15-16,18H,6-7,9-13,27H2/t15-,18-/m0/s1. The maximum absolute atomic E-state index is 13.9. The van der Waals surface area contributed by atoms with Gasteiger partial charge in [-0.15, -0.1) is 0 Å². The molecule has 2 N–H and O–H groups in total. The molecule has 1 aliphatic carbocycles. The molecule has 5 nitrogen and oxygen atoms in total. The van der Waals surface area contributed by atoms with Crippen LogP contribution in [0, 0.1) is 28.6 Å². The van der Waals surface area contributed by atoms with Crippen molar-refractivity contribution in [1.82, 2.24) is 9.88 Å². The lowest BCUT2D eigenvalue weighted by Crippen LogP contribution is -2.66. The van der Waals surface area contributed by atoms with E-state index in [0.717, 1.165) is 37.0 Å². The van der Waals surface area contributed by atoms with E-state index in [1.54, 1.807) is 24.4 Å². The molecule has 2 aliphatic heterocycles. The SMILES string of the molecule is N#Cc1ccc(N2C[C@H](CN3CC4(CC(N)C4)C3)[C@@H](C(F)(F)F)C2)c2cccnc12. The summed E-state index contributed by atoms with van der Waals surface area (Å²) in [7, 11) is 0. The average Bonchev–Trinajstić information content (AvgIpc) is 3.08. The molecular weight excluding hydrogens is 391 g/mol. The predicted molar refractivity (Wildman–Crippen MR) is 108 cm³/mol. The van der Waals surface area contributed by atoms with E-state index in [1.807, 2.05) is 11.0 Å². The zero-order valence-electron chi connectivity index (χ0n) is 16.6. The Bertz CT molecular complexity index is 1000. The number of fused-ring (bicyclic) bond motifs is 1. The molecule has 30 heavy (non-hydrogen) atoms. The van der Waals surface area contributed by atoms with Gasteiger partial charge in [0, 0.05) is 62.0 Å². The van der Waals surface area contributed by atoms with Gasteiger partial charge in [0.25, 0.3) is 0 Å². The summed E-state index contributed by atoms with van der Waals surface area (Å²) in [6.07, 6.45) is -0.647. The minimum atomic E-state index is -4.23. The molecular formula is C22H24F3N5. The van der Waals surface area contributed by atoms with Gasteiger partial charge in [-0.2, -0.15) is 18.4 Å². The van der Waals surface area contributed by atoms with Crippen molar-refractivity contribution in [3.05, 3.63) is 36.0 Å². The average molecular weight is 415 g/mol. The second-order valence-corrected chi connectivity index (χ2v) is 9.29. The summed E-state index contributed by atoms with van der Waals surface area (Å²) in [6.45, 7) is 2.48. The number of rotatable bonds is 3. The van der Waals surface area contributed by atoms with E-state index in [2.05, 4.69) is 16.0 Å². The first-order valence-corrected chi connectivity index (χ1v) is 10.4. The van der Waals surface area contributed by atoms with Gasteiger partial charge in [-0.05, 0) is 42.5 Å². The van der Waals surface area contributed by atoms with Crippen LogP contribution in [0.3, 0.4) is 0 Å². The van der Waals surface area contributed by atoms with Crippen LogP contribution in [0.2, 0.25) is 0 Å². The molecule has 8 heteroatoms. The van der Waals surface area contributed by atoms with Crippen molar-refractivity contribution in [1.29, 1.82) is 5.26 Å². The van der Waals surface area contributed by atoms with Crippen molar-refractivity contribution < 1.29 is 13.2 Å². The zero-order valence-corrected chi connectivity index (χ0v) is 16.6. The minimum absolute atomic E-state index is 0.0616. The van der Waals surface area contributed by atoms with Crippen LogP contribution in [0.15, 0.2) is 30.5 Å². The molecule has 2 saturated heterocycles. The summed E-state index contributed by atoms with van der Waals surface area (Å²) in [6, 6.07) is 9.37.